The van der Waals surface area contributed by atoms with Gasteiger partial charge in [0, 0.05) is 17.1 Å². The largest absolute Gasteiger partial charge is 0.394 e. The summed E-state index contributed by atoms with van der Waals surface area (Å²) in [5, 5.41) is 11.8. The fourth-order valence-electron chi connectivity index (χ4n) is 1.53. The highest BCUT2D eigenvalue weighted by atomic mass is 32.2. The van der Waals surface area contributed by atoms with Crippen LogP contribution >= 0.6 is 11.8 Å². The van der Waals surface area contributed by atoms with E-state index in [1.54, 1.807) is 0 Å². The van der Waals surface area contributed by atoms with Crippen molar-refractivity contribution in [3.63, 3.8) is 0 Å². The third kappa shape index (κ3) is 5.46. The van der Waals surface area contributed by atoms with E-state index in [0.29, 0.717) is 10.6 Å². The van der Waals surface area contributed by atoms with Crippen molar-refractivity contribution < 1.29 is 18.7 Å². The molecule has 1 rings (SSSR count). The van der Waals surface area contributed by atoms with Crippen LogP contribution in [0.3, 0.4) is 0 Å². The number of hydrogen-bond acceptors (Lipinski definition) is 3. The minimum atomic E-state index is -0.889. The van der Waals surface area contributed by atoms with Gasteiger partial charge >= 0.3 is 0 Å². The fraction of sp³-hybridized carbons (Fsp3) is 0.500. The summed E-state index contributed by atoms with van der Waals surface area (Å²) in [6, 6.07) is 3.41. The molecule has 0 saturated carbocycles. The van der Waals surface area contributed by atoms with Crippen LogP contribution in [0.5, 0.6) is 0 Å². The Morgan fingerprint density at radius 3 is 2.60 bits per heavy atom. The third-order valence-corrected chi connectivity index (χ3v) is 3.83. The first-order chi connectivity index (χ1) is 9.43. The van der Waals surface area contributed by atoms with E-state index in [-0.39, 0.29) is 30.9 Å². The maximum atomic E-state index is 13.0. The number of aliphatic hydroxyl groups excluding tert-OH is 1. The Labute approximate surface area is 121 Å². The number of aliphatic hydroxyl groups is 1. The number of hydrogen-bond donors (Lipinski definition) is 2. The number of benzene rings is 1. The number of amides is 1. The molecule has 0 aliphatic carbocycles. The fourth-order valence-corrected chi connectivity index (χ4v) is 2.40. The quantitative estimate of drug-likeness (QED) is 0.761. The molecule has 1 unspecified atom stereocenters. The summed E-state index contributed by atoms with van der Waals surface area (Å²) in [5.74, 6) is -1.31. The molecular weight excluding hydrogens is 284 g/mol. The molecule has 0 spiro atoms. The van der Waals surface area contributed by atoms with E-state index in [1.807, 2.05) is 13.8 Å². The highest BCUT2D eigenvalue weighted by Crippen LogP contribution is 2.21. The lowest BCUT2D eigenvalue weighted by Crippen LogP contribution is -2.41. The first-order valence-corrected chi connectivity index (χ1v) is 7.40. The van der Waals surface area contributed by atoms with Gasteiger partial charge in [-0.1, -0.05) is 13.8 Å². The van der Waals surface area contributed by atoms with Gasteiger partial charge < -0.3 is 10.4 Å². The summed E-state index contributed by atoms with van der Waals surface area (Å²) in [7, 11) is 0. The Bertz CT molecular complexity index is 455. The van der Waals surface area contributed by atoms with Crippen molar-refractivity contribution in [1.82, 2.24) is 5.32 Å². The molecule has 1 amide bonds. The standard InChI is InChI=1S/C14H19F2NO2S/c1-9(2)13(8-18)17-14(19)5-6-20-10-3-4-11(15)12(16)7-10/h3-4,7,9,13,18H,5-6,8H2,1-2H3,(H,17,19). The number of carbonyl (C=O) groups excluding carboxylic acids is 1. The van der Waals surface area contributed by atoms with E-state index in [2.05, 4.69) is 5.32 Å². The molecule has 0 aliphatic rings. The zero-order chi connectivity index (χ0) is 15.1. The first kappa shape index (κ1) is 16.9. The first-order valence-electron chi connectivity index (χ1n) is 6.42. The number of nitrogens with one attached hydrogen (secondary N) is 1. The Morgan fingerprint density at radius 1 is 1.35 bits per heavy atom. The van der Waals surface area contributed by atoms with Gasteiger partial charge in [-0.3, -0.25) is 4.79 Å². The van der Waals surface area contributed by atoms with Crippen LogP contribution in [0.4, 0.5) is 8.78 Å². The van der Waals surface area contributed by atoms with Crippen molar-refractivity contribution in [2.75, 3.05) is 12.4 Å². The third-order valence-electron chi connectivity index (χ3n) is 2.84. The molecule has 112 valence electrons. The summed E-state index contributed by atoms with van der Waals surface area (Å²) in [6.07, 6.45) is 0.257. The van der Waals surface area contributed by atoms with Gasteiger partial charge in [-0.2, -0.15) is 0 Å². The molecule has 0 saturated heterocycles. The molecule has 0 radical (unpaired) electrons. The predicted octanol–water partition coefficient (Wildman–Crippen LogP) is 2.58. The molecule has 1 aromatic rings. The number of halogens is 2. The van der Waals surface area contributed by atoms with Gasteiger partial charge in [0.1, 0.15) is 0 Å². The molecule has 1 aromatic carbocycles. The maximum Gasteiger partial charge on any atom is 0.221 e. The smallest absolute Gasteiger partial charge is 0.221 e. The normalized spacial score (nSPS) is 12.5. The number of rotatable bonds is 7. The van der Waals surface area contributed by atoms with E-state index in [1.165, 1.54) is 17.8 Å². The Morgan fingerprint density at radius 2 is 2.05 bits per heavy atom. The lowest BCUT2D eigenvalue weighted by atomic mass is 10.1. The van der Waals surface area contributed by atoms with Gasteiger partial charge in [0.15, 0.2) is 11.6 Å². The molecule has 20 heavy (non-hydrogen) atoms. The zero-order valence-corrected chi connectivity index (χ0v) is 12.3. The second-order valence-electron chi connectivity index (χ2n) is 4.77. The second-order valence-corrected chi connectivity index (χ2v) is 5.94. The van der Waals surface area contributed by atoms with Crippen molar-refractivity contribution >= 4 is 17.7 Å². The van der Waals surface area contributed by atoms with E-state index < -0.39 is 11.6 Å². The average molecular weight is 303 g/mol. The van der Waals surface area contributed by atoms with Gasteiger partial charge in [-0.05, 0) is 24.1 Å². The Balaban J connectivity index is 2.36. The molecule has 1 atom stereocenters. The highest BCUT2D eigenvalue weighted by Gasteiger charge is 2.14. The van der Waals surface area contributed by atoms with Crippen LogP contribution in [0.25, 0.3) is 0 Å². The molecule has 6 heteroatoms. The van der Waals surface area contributed by atoms with Crippen LogP contribution in [0.2, 0.25) is 0 Å². The average Bonchev–Trinajstić information content (AvgIpc) is 2.39. The van der Waals surface area contributed by atoms with Gasteiger partial charge in [0.2, 0.25) is 5.91 Å². The van der Waals surface area contributed by atoms with Gasteiger partial charge in [0.25, 0.3) is 0 Å². The van der Waals surface area contributed by atoms with Crippen molar-refractivity contribution in [2.24, 2.45) is 5.92 Å². The van der Waals surface area contributed by atoms with Gasteiger partial charge in [-0.25, -0.2) is 8.78 Å². The highest BCUT2D eigenvalue weighted by molar-refractivity contribution is 7.99. The van der Waals surface area contributed by atoms with Gasteiger partial charge in [0.05, 0.1) is 12.6 Å². The molecule has 3 nitrogen and oxygen atoms in total. The molecule has 2 N–H and O–H groups in total. The summed E-state index contributed by atoms with van der Waals surface area (Å²) in [6.45, 7) is 3.73. The summed E-state index contributed by atoms with van der Waals surface area (Å²) >= 11 is 1.28. The zero-order valence-electron chi connectivity index (χ0n) is 11.5. The SMILES string of the molecule is CC(C)C(CO)NC(=O)CCSc1ccc(F)c(F)c1. The van der Waals surface area contributed by atoms with Crippen molar-refractivity contribution in [3.05, 3.63) is 29.8 Å². The second kappa shape index (κ2) is 8.21. The van der Waals surface area contributed by atoms with Crippen LogP contribution < -0.4 is 5.32 Å². The summed E-state index contributed by atoms with van der Waals surface area (Å²) < 4.78 is 25.7. The molecule has 0 fully saturated rings. The summed E-state index contributed by atoms with van der Waals surface area (Å²) in [4.78, 5) is 12.2. The van der Waals surface area contributed by atoms with Crippen LogP contribution in [0.1, 0.15) is 20.3 Å². The van der Waals surface area contributed by atoms with Crippen LogP contribution in [-0.4, -0.2) is 29.4 Å². The Kier molecular flexibility index (Phi) is 6.95. The van der Waals surface area contributed by atoms with Crippen LogP contribution in [-0.2, 0) is 4.79 Å². The van der Waals surface area contributed by atoms with Gasteiger partial charge in [-0.15, -0.1) is 11.8 Å². The topological polar surface area (TPSA) is 49.3 Å². The monoisotopic (exact) mass is 303 g/mol. The Hall–Kier alpha value is -1.14. The molecule has 0 aliphatic heterocycles. The lowest BCUT2D eigenvalue weighted by molar-refractivity contribution is -0.122. The predicted molar refractivity (Wildman–Crippen MR) is 75.6 cm³/mol. The minimum absolute atomic E-state index is 0.0975. The number of carbonyl (C=O) groups is 1. The molecule has 0 bridgehead atoms. The van der Waals surface area contributed by atoms with E-state index >= 15 is 0 Å². The van der Waals surface area contributed by atoms with E-state index in [4.69, 9.17) is 5.11 Å². The molecule has 0 heterocycles. The van der Waals surface area contributed by atoms with E-state index in [0.717, 1.165) is 12.1 Å². The minimum Gasteiger partial charge on any atom is -0.394 e. The molecule has 0 aromatic heterocycles. The lowest BCUT2D eigenvalue weighted by Gasteiger charge is -2.19. The maximum absolute atomic E-state index is 13.0. The molecular formula is C14H19F2NO2S. The summed E-state index contributed by atoms with van der Waals surface area (Å²) in [5.41, 5.74) is 0. The van der Waals surface area contributed by atoms with Crippen molar-refractivity contribution in [3.8, 4) is 0 Å². The van der Waals surface area contributed by atoms with Crippen molar-refractivity contribution in [2.45, 2.75) is 31.2 Å². The van der Waals surface area contributed by atoms with Crippen LogP contribution in [0.15, 0.2) is 23.1 Å². The number of thioether (sulfide) groups is 1. The van der Waals surface area contributed by atoms with Crippen molar-refractivity contribution in [1.29, 1.82) is 0 Å². The van der Waals surface area contributed by atoms with Crippen LogP contribution in [0, 0.1) is 17.6 Å². The van der Waals surface area contributed by atoms with E-state index in [9.17, 15) is 13.6 Å².